The Kier molecular flexibility index (Phi) is 4.67. The minimum atomic E-state index is -0.859. The lowest BCUT2D eigenvalue weighted by Crippen LogP contribution is -2.55. The van der Waals surface area contributed by atoms with Crippen molar-refractivity contribution in [3.8, 4) is 11.8 Å². The van der Waals surface area contributed by atoms with Gasteiger partial charge in [-0.3, -0.25) is 9.69 Å². The highest BCUT2D eigenvalue weighted by Crippen LogP contribution is 2.36. The second-order valence-electron chi connectivity index (χ2n) is 8.49. The number of carbonyl (C=O) groups excluding carboxylic acids is 2. The lowest BCUT2D eigenvalue weighted by Gasteiger charge is -2.40. The fraction of sp³-hybridized carbons (Fsp3) is 0.375. The van der Waals surface area contributed by atoms with Gasteiger partial charge in [0.05, 0.1) is 23.9 Å². The number of nitrogens with one attached hydrogen (secondary N) is 1. The van der Waals surface area contributed by atoms with Crippen LogP contribution in [0.2, 0.25) is 0 Å². The van der Waals surface area contributed by atoms with Gasteiger partial charge in [0.25, 0.3) is 5.91 Å². The minimum Gasteiger partial charge on any atom is -0.493 e. The lowest BCUT2D eigenvalue weighted by atomic mass is 9.86. The molecule has 7 heteroatoms. The Morgan fingerprint density at radius 3 is 2.58 bits per heavy atom. The number of imide groups is 1. The fourth-order valence-electron chi connectivity index (χ4n) is 4.83. The summed E-state index contributed by atoms with van der Waals surface area (Å²) in [6, 6.07) is 14.8. The molecule has 0 radical (unpaired) electrons. The number of hydrogen-bond donors (Lipinski definition) is 1. The van der Waals surface area contributed by atoms with Crippen molar-refractivity contribution < 1.29 is 14.3 Å². The van der Waals surface area contributed by atoms with Crippen molar-refractivity contribution in [3.63, 3.8) is 0 Å². The van der Waals surface area contributed by atoms with Crippen molar-refractivity contribution in [2.45, 2.75) is 37.8 Å². The molecular weight excluding hydrogens is 392 g/mol. The van der Waals surface area contributed by atoms with E-state index in [1.165, 1.54) is 16.0 Å². The second-order valence-corrected chi connectivity index (χ2v) is 8.49. The molecule has 0 saturated carbocycles. The second kappa shape index (κ2) is 7.40. The molecule has 0 aliphatic carbocycles. The largest absolute Gasteiger partial charge is 0.493 e. The summed E-state index contributed by atoms with van der Waals surface area (Å²) in [5.74, 6) is 0.773. The summed E-state index contributed by atoms with van der Waals surface area (Å²) in [5, 5.41) is 11.9. The molecule has 31 heavy (non-hydrogen) atoms. The van der Waals surface area contributed by atoms with E-state index in [0.717, 1.165) is 18.8 Å². The maximum Gasteiger partial charge on any atom is 0.329 e. The van der Waals surface area contributed by atoms with Crippen LogP contribution in [-0.2, 0) is 11.2 Å². The summed E-state index contributed by atoms with van der Waals surface area (Å²) in [6.45, 7) is 4.35. The van der Waals surface area contributed by atoms with E-state index in [4.69, 9.17) is 10.00 Å². The summed E-state index contributed by atoms with van der Waals surface area (Å²) in [7, 11) is 0. The van der Waals surface area contributed by atoms with E-state index in [-0.39, 0.29) is 11.9 Å². The number of carbonyl (C=O) groups is 2. The highest BCUT2D eigenvalue weighted by molar-refractivity contribution is 6.23. The van der Waals surface area contributed by atoms with Gasteiger partial charge in [-0.05, 0) is 61.2 Å². The van der Waals surface area contributed by atoms with Gasteiger partial charge in [-0.2, -0.15) is 5.26 Å². The number of ether oxygens (including phenoxy) is 1. The van der Waals surface area contributed by atoms with Crippen molar-refractivity contribution in [2.75, 3.05) is 24.6 Å². The van der Waals surface area contributed by atoms with E-state index in [1.807, 2.05) is 6.07 Å². The Labute approximate surface area is 181 Å². The molecule has 158 valence electrons. The monoisotopic (exact) mass is 416 g/mol. The highest BCUT2D eigenvalue weighted by atomic mass is 16.5. The molecule has 2 saturated heterocycles. The summed E-state index contributed by atoms with van der Waals surface area (Å²) in [4.78, 5) is 29.5. The molecule has 1 atom stereocenters. The molecule has 3 heterocycles. The molecular formula is C24H24N4O3. The first-order valence-corrected chi connectivity index (χ1v) is 10.7. The van der Waals surface area contributed by atoms with Gasteiger partial charge in [0, 0.05) is 25.6 Å². The van der Waals surface area contributed by atoms with Crippen molar-refractivity contribution in [1.82, 2.24) is 10.2 Å². The first-order valence-electron chi connectivity index (χ1n) is 10.7. The Balaban J connectivity index is 1.29. The van der Waals surface area contributed by atoms with Gasteiger partial charge in [0.15, 0.2) is 0 Å². The van der Waals surface area contributed by atoms with Crippen LogP contribution in [0.25, 0.3) is 0 Å². The number of benzene rings is 2. The third-order valence-corrected chi connectivity index (χ3v) is 6.82. The molecule has 5 rings (SSSR count). The summed E-state index contributed by atoms with van der Waals surface area (Å²) in [5.41, 5.74) is 2.59. The van der Waals surface area contributed by atoms with Crippen LogP contribution in [0, 0.1) is 11.3 Å². The zero-order chi connectivity index (χ0) is 21.6. The van der Waals surface area contributed by atoms with E-state index >= 15 is 0 Å². The minimum absolute atomic E-state index is 0.202. The average Bonchev–Trinajstić information content (AvgIpc) is 3.36. The van der Waals surface area contributed by atoms with E-state index in [2.05, 4.69) is 35.3 Å². The quantitative estimate of drug-likeness (QED) is 0.777. The molecule has 3 amide bonds. The molecule has 2 aromatic rings. The Bertz CT molecular complexity index is 1080. The van der Waals surface area contributed by atoms with Gasteiger partial charge in [-0.25, -0.2) is 9.69 Å². The average molecular weight is 416 g/mol. The predicted octanol–water partition coefficient (Wildman–Crippen LogP) is 3.15. The van der Waals surface area contributed by atoms with E-state index in [9.17, 15) is 9.59 Å². The molecule has 0 aromatic heterocycles. The number of fused-ring (bicyclic) bond motifs is 1. The van der Waals surface area contributed by atoms with Crippen LogP contribution in [0.15, 0.2) is 42.5 Å². The number of amides is 3. The number of hydrogen-bond acceptors (Lipinski definition) is 5. The van der Waals surface area contributed by atoms with Crippen LogP contribution in [-0.4, -0.2) is 42.1 Å². The van der Waals surface area contributed by atoms with Crippen LogP contribution >= 0.6 is 0 Å². The maximum atomic E-state index is 13.3. The standard InChI is InChI=1S/C24H24N4O3/c1-16(19-5-4-18-8-13-31-21(18)14-19)27-11-9-24(10-12-27)22(29)28(23(30)26-24)20-6-2-17(15-25)3-7-20/h2-7,14,16H,8-13H2,1H3,(H,26,30)/t16-/m0/s1. The predicted molar refractivity (Wildman–Crippen MR) is 115 cm³/mol. The molecule has 0 unspecified atom stereocenters. The number of anilines is 1. The number of urea groups is 1. The number of likely N-dealkylation sites (tertiary alicyclic amines) is 1. The highest BCUT2D eigenvalue weighted by Gasteiger charge is 2.53. The van der Waals surface area contributed by atoms with Gasteiger partial charge < -0.3 is 10.1 Å². The third kappa shape index (κ3) is 3.24. The Morgan fingerprint density at radius 2 is 1.87 bits per heavy atom. The molecule has 3 aliphatic heterocycles. The van der Waals surface area contributed by atoms with Gasteiger partial charge in [0.2, 0.25) is 0 Å². The molecule has 7 nitrogen and oxygen atoms in total. The van der Waals surface area contributed by atoms with E-state index in [0.29, 0.717) is 37.2 Å². The van der Waals surface area contributed by atoms with E-state index in [1.54, 1.807) is 24.3 Å². The van der Waals surface area contributed by atoms with Crippen molar-refractivity contribution in [2.24, 2.45) is 0 Å². The van der Waals surface area contributed by atoms with Crippen LogP contribution in [0.4, 0.5) is 10.5 Å². The number of rotatable bonds is 3. The van der Waals surface area contributed by atoms with Gasteiger partial charge in [0.1, 0.15) is 11.3 Å². The Morgan fingerprint density at radius 1 is 1.13 bits per heavy atom. The van der Waals surface area contributed by atoms with Gasteiger partial charge in [-0.15, -0.1) is 0 Å². The fourth-order valence-corrected chi connectivity index (χ4v) is 4.83. The summed E-state index contributed by atoms with van der Waals surface area (Å²) < 4.78 is 5.71. The summed E-state index contributed by atoms with van der Waals surface area (Å²) in [6.07, 6.45) is 2.10. The van der Waals surface area contributed by atoms with E-state index < -0.39 is 11.6 Å². The summed E-state index contributed by atoms with van der Waals surface area (Å²) >= 11 is 0. The van der Waals surface area contributed by atoms with Crippen LogP contribution in [0.3, 0.4) is 0 Å². The normalized spacial score (nSPS) is 20.8. The maximum absolute atomic E-state index is 13.3. The third-order valence-electron chi connectivity index (χ3n) is 6.82. The first kappa shape index (κ1) is 19.6. The smallest absolute Gasteiger partial charge is 0.329 e. The number of nitriles is 1. The number of piperidine rings is 1. The van der Waals surface area contributed by atoms with Crippen molar-refractivity contribution in [1.29, 1.82) is 5.26 Å². The topological polar surface area (TPSA) is 85.7 Å². The first-order chi connectivity index (χ1) is 15.0. The van der Waals surface area contributed by atoms with Gasteiger partial charge >= 0.3 is 6.03 Å². The zero-order valence-electron chi connectivity index (χ0n) is 17.4. The number of nitrogens with zero attached hydrogens (tertiary/aromatic N) is 3. The molecule has 3 aliphatic rings. The molecule has 2 aromatic carbocycles. The lowest BCUT2D eigenvalue weighted by molar-refractivity contribution is -0.124. The molecule has 2 fully saturated rings. The van der Waals surface area contributed by atoms with Crippen LogP contribution in [0.1, 0.15) is 42.5 Å². The SMILES string of the molecule is C[C@@H](c1ccc2c(c1)OCC2)N1CCC2(CC1)NC(=O)N(c1ccc(C#N)cc1)C2=O. The Hall–Kier alpha value is -3.37. The van der Waals surface area contributed by atoms with Crippen molar-refractivity contribution in [3.05, 3.63) is 59.2 Å². The molecule has 1 N–H and O–H groups in total. The molecule has 1 spiro atoms. The van der Waals surface area contributed by atoms with Crippen LogP contribution < -0.4 is 15.0 Å². The zero-order valence-corrected chi connectivity index (χ0v) is 17.4. The molecule has 0 bridgehead atoms. The van der Waals surface area contributed by atoms with Crippen molar-refractivity contribution >= 4 is 17.6 Å². The van der Waals surface area contributed by atoms with Crippen LogP contribution in [0.5, 0.6) is 5.75 Å². The van der Waals surface area contributed by atoms with Gasteiger partial charge in [-0.1, -0.05) is 12.1 Å².